The van der Waals surface area contributed by atoms with Gasteiger partial charge in [-0.2, -0.15) is 0 Å². The minimum atomic E-state index is -0.652. The third-order valence-corrected chi connectivity index (χ3v) is 3.86. The van der Waals surface area contributed by atoms with E-state index in [-0.39, 0.29) is 5.54 Å². The second kappa shape index (κ2) is 5.74. The average Bonchev–Trinajstić information content (AvgIpc) is 2.86. The Balaban J connectivity index is 2.51. The molecule has 112 valence electrons. The molecule has 2 aromatic rings. The third kappa shape index (κ3) is 2.85. The number of carbonyl (C=O) groups excluding carboxylic acids is 1. The van der Waals surface area contributed by atoms with E-state index in [9.17, 15) is 4.79 Å². The van der Waals surface area contributed by atoms with E-state index in [1.165, 1.54) is 7.11 Å². The van der Waals surface area contributed by atoms with Gasteiger partial charge in [0.2, 0.25) is 0 Å². The van der Waals surface area contributed by atoms with E-state index in [1.807, 2.05) is 24.3 Å². The lowest BCUT2D eigenvalue weighted by atomic mass is 10.1. The fraction of sp³-hybridized carbons (Fsp3) is 0.353. The van der Waals surface area contributed by atoms with Gasteiger partial charge in [-0.15, -0.1) is 6.58 Å². The van der Waals surface area contributed by atoms with Gasteiger partial charge in [0.1, 0.15) is 6.04 Å². The first-order chi connectivity index (χ1) is 9.90. The van der Waals surface area contributed by atoms with Gasteiger partial charge in [-0.25, -0.2) is 0 Å². The van der Waals surface area contributed by atoms with Gasteiger partial charge in [-0.05, 0) is 25.5 Å². The van der Waals surface area contributed by atoms with Crippen molar-refractivity contribution in [3.05, 3.63) is 48.7 Å². The molecular weight excluding hydrogens is 264 g/mol. The molecule has 0 aliphatic rings. The summed E-state index contributed by atoms with van der Waals surface area (Å²) in [7, 11) is 1.35. The number of benzene rings is 1. The number of allylic oxidation sites excluding steroid dienone is 1. The highest BCUT2D eigenvalue weighted by atomic mass is 16.5. The number of rotatable bonds is 5. The van der Waals surface area contributed by atoms with Crippen LogP contribution in [0, 0.1) is 0 Å². The molecule has 0 aliphatic heterocycles. The number of esters is 1. The molecule has 1 heterocycles. The van der Waals surface area contributed by atoms with Crippen LogP contribution in [-0.2, 0) is 21.5 Å². The zero-order chi connectivity index (χ0) is 15.6. The highest BCUT2D eigenvalue weighted by Crippen LogP contribution is 2.29. The highest BCUT2D eigenvalue weighted by Gasteiger charge is 2.22. The largest absolute Gasteiger partial charge is 0.468 e. The zero-order valence-electron chi connectivity index (χ0n) is 12.8. The molecule has 21 heavy (non-hydrogen) atoms. The maximum Gasteiger partial charge on any atom is 0.322 e. The van der Waals surface area contributed by atoms with Crippen LogP contribution in [0.2, 0.25) is 0 Å². The Bertz CT molecular complexity index is 670. The first kappa shape index (κ1) is 15.3. The number of aromatic nitrogens is 1. The number of fused-ring (bicyclic) bond motifs is 1. The van der Waals surface area contributed by atoms with Crippen LogP contribution >= 0.6 is 0 Å². The maximum atomic E-state index is 11.5. The summed E-state index contributed by atoms with van der Waals surface area (Å²) in [5.74, 6) is -0.394. The normalized spacial score (nSPS) is 13.1. The Kier molecular flexibility index (Phi) is 4.19. The summed E-state index contributed by atoms with van der Waals surface area (Å²) in [6, 6.07) is 7.45. The number of hydrogen-bond donors (Lipinski definition) is 1. The molecule has 0 radical (unpaired) electrons. The fourth-order valence-electron chi connectivity index (χ4n) is 2.46. The topological polar surface area (TPSA) is 57.2 Å². The van der Waals surface area contributed by atoms with Crippen LogP contribution in [0.1, 0.15) is 19.4 Å². The van der Waals surface area contributed by atoms with Crippen molar-refractivity contribution in [1.82, 2.24) is 4.57 Å². The van der Waals surface area contributed by atoms with Gasteiger partial charge in [0.25, 0.3) is 0 Å². The standard InChI is InChI=1S/C17H22N2O2/c1-5-17(2,3)19-11-12(10-14(18)16(20)21-4)13-8-6-7-9-15(13)19/h5-9,11,14H,1,10,18H2,2-4H3/t14-/m0/s1. The lowest BCUT2D eigenvalue weighted by molar-refractivity contribution is -0.142. The van der Waals surface area contributed by atoms with Gasteiger partial charge in [-0.3, -0.25) is 4.79 Å². The average molecular weight is 286 g/mol. The van der Waals surface area contributed by atoms with E-state index in [1.54, 1.807) is 0 Å². The molecule has 1 atom stereocenters. The van der Waals surface area contributed by atoms with E-state index in [2.05, 4.69) is 37.3 Å². The predicted octanol–water partition coefficient (Wildman–Crippen LogP) is 2.61. The van der Waals surface area contributed by atoms with Crippen LogP contribution in [0.3, 0.4) is 0 Å². The van der Waals surface area contributed by atoms with E-state index in [0.717, 1.165) is 16.5 Å². The van der Waals surface area contributed by atoms with Crippen molar-refractivity contribution in [3.8, 4) is 0 Å². The minimum Gasteiger partial charge on any atom is -0.468 e. The van der Waals surface area contributed by atoms with Crippen molar-refractivity contribution < 1.29 is 9.53 Å². The smallest absolute Gasteiger partial charge is 0.322 e. The van der Waals surface area contributed by atoms with Crippen LogP contribution in [-0.4, -0.2) is 23.7 Å². The minimum absolute atomic E-state index is 0.215. The van der Waals surface area contributed by atoms with Crippen LogP contribution in [0.5, 0.6) is 0 Å². The van der Waals surface area contributed by atoms with Gasteiger partial charge in [0.05, 0.1) is 12.6 Å². The Hall–Kier alpha value is -2.07. The summed E-state index contributed by atoms with van der Waals surface area (Å²) in [6.07, 6.45) is 4.41. The molecule has 0 aliphatic carbocycles. The summed E-state index contributed by atoms with van der Waals surface area (Å²) >= 11 is 0. The molecule has 2 rings (SSSR count). The summed E-state index contributed by atoms with van der Waals surface area (Å²) in [5, 5.41) is 1.10. The lowest BCUT2D eigenvalue weighted by Gasteiger charge is -2.23. The van der Waals surface area contributed by atoms with Gasteiger partial charge < -0.3 is 15.0 Å². The first-order valence-electron chi connectivity index (χ1n) is 6.97. The quantitative estimate of drug-likeness (QED) is 0.679. The van der Waals surface area contributed by atoms with Gasteiger partial charge in [0.15, 0.2) is 0 Å². The van der Waals surface area contributed by atoms with Crippen LogP contribution in [0.25, 0.3) is 10.9 Å². The van der Waals surface area contributed by atoms with E-state index in [0.29, 0.717) is 6.42 Å². The summed E-state index contributed by atoms with van der Waals surface area (Å²) in [6.45, 7) is 8.10. The van der Waals surface area contributed by atoms with Gasteiger partial charge in [0, 0.05) is 23.5 Å². The van der Waals surface area contributed by atoms with Crippen LogP contribution in [0.4, 0.5) is 0 Å². The Morgan fingerprint density at radius 2 is 2.14 bits per heavy atom. The molecule has 0 saturated carbocycles. The second-order valence-corrected chi connectivity index (χ2v) is 5.73. The molecule has 4 heteroatoms. The number of carbonyl (C=O) groups is 1. The Labute approximate surface area is 125 Å². The Morgan fingerprint density at radius 3 is 2.76 bits per heavy atom. The molecule has 0 spiro atoms. The molecule has 0 bridgehead atoms. The number of ether oxygens (including phenoxy) is 1. The van der Waals surface area contributed by atoms with Gasteiger partial charge in [-0.1, -0.05) is 24.3 Å². The van der Waals surface area contributed by atoms with Crippen molar-refractivity contribution in [2.75, 3.05) is 7.11 Å². The molecule has 0 amide bonds. The van der Waals surface area contributed by atoms with E-state index >= 15 is 0 Å². The van der Waals surface area contributed by atoms with Crippen LogP contribution < -0.4 is 5.73 Å². The summed E-state index contributed by atoms with van der Waals surface area (Å²) in [4.78, 5) is 11.5. The molecule has 4 nitrogen and oxygen atoms in total. The number of para-hydroxylation sites is 1. The van der Waals surface area contributed by atoms with Crippen LogP contribution in [0.15, 0.2) is 43.1 Å². The number of nitrogens with two attached hydrogens (primary N) is 1. The lowest BCUT2D eigenvalue weighted by Crippen LogP contribution is -2.33. The SMILES string of the molecule is C=CC(C)(C)n1cc(C[C@H](N)C(=O)OC)c2ccccc21. The van der Waals surface area contributed by atoms with Crippen molar-refractivity contribution in [2.24, 2.45) is 5.73 Å². The summed E-state index contributed by atoms with van der Waals surface area (Å²) in [5.41, 5.74) is 7.83. The molecule has 1 aromatic carbocycles. The molecule has 2 N–H and O–H groups in total. The van der Waals surface area contributed by atoms with E-state index < -0.39 is 12.0 Å². The van der Waals surface area contributed by atoms with E-state index in [4.69, 9.17) is 10.5 Å². The fourth-order valence-corrected chi connectivity index (χ4v) is 2.46. The summed E-state index contributed by atoms with van der Waals surface area (Å²) < 4.78 is 6.87. The van der Waals surface area contributed by atoms with Crippen molar-refractivity contribution in [1.29, 1.82) is 0 Å². The molecule has 0 saturated heterocycles. The maximum absolute atomic E-state index is 11.5. The zero-order valence-corrected chi connectivity index (χ0v) is 12.8. The highest BCUT2D eigenvalue weighted by molar-refractivity contribution is 5.85. The second-order valence-electron chi connectivity index (χ2n) is 5.73. The van der Waals surface area contributed by atoms with Crippen molar-refractivity contribution in [3.63, 3.8) is 0 Å². The Morgan fingerprint density at radius 1 is 1.48 bits per heavy atom. The molecular formula is C17H22N2O2. The molecule has 0 unspecified atom stereocenters. The number of hydrogen-bond acceptors (Lipinski definition) is 3. The third-order valence-electron chi connectivity index (χ3n) is 3.86. The predicted molar refractivity (Wildman–Crippen MR) is 85.2 cm³/mol. The monoisotopic (exact) mass is 286 g/mol. The van der Waals surface area contributed by atoms with Crippen molar-refractivity contribution in [2.45, 2.75) is 31.8 Å². The van der Waals surface area contributed by atoms with Crippen molar-refractivity contribution >= 4 is 16.9 Å². The first-order valence-corrected chi connectivity index (χ1v) is 6.97. The number of nitrogens with zero attached hydrogens (tertiary/aromatic N) is 1. The molecule has 1 aromatic heterocycles. The molecule has 0 fully saturated rings. The van der Waals surface area contributed by atoms with Gasteiger partial charge >= 0.3 is 5.97 Å². The number of methoxy groups -OCH3 is 1.